The summed E-state index contributed by atoms with van der Waals surface area (Å²) in [7, 11) is 2.07. The first-order valence-electron chi connectivity index (χ1n) is 12.6. The Bertz CT molecular complexity index is 1440. The van der Waals surface area contributed by atoms with E-state index in [1.165, 1.54) is 18.2 Å². The number of amides is 2. The van der Waals surface area contributed by atoms with Crippen molar-refractivity contribution in [1.29, 1.82) is 0 Å². The Kier molecular flexibility index (Phi) is 7.44. The Balaban J connectivity index is 1.39. The Labute approximate surface area is 220 Å². The maximum absolute atomic E-state index is 14.2. The minimum absolute atomic E-state index is 0.00192. The molecule has 4 aromatic rings. The van der Waals surface area contributed by atoms with E-state index in [-0.39, 0.29) is 30.8 Å². The van der Waals surface area contributed by atoms with Gasteiger partial charge in [-0.1, -0.05) is 41.9 Å². The number of rotatable bonds is 7. The molecule has 1 atom stereocenters. The topological polar surface area (TPSA) is 77.2 Å². The second kappa shape index (κ2) is 10.9. The van der Waals surface area contributed by atoms with Gasteiger partial charge in [0, 0.05) is 51.4 Å². The number of aromatic amines is 1. The van der Waals surface area contributed by atoms with Gasteiger partial charge in [0.25, 0.3) is 0 Å². The van der Waals surface area contributed by atoms with Gasteiger partial charge in [-0.15, -0.1) is 0 Å². The van der Waals surface area contributed by atoms with Crippen molar-refractivity contribution >= 4 is 45.2 Å². The van der Waals surface area contributed by atoms with Gasteiger partial charge in [-0.3, -0.25) is 9.59 Å². The number of nitrogens with one attached hydrogen (secondary N) is 3. The van der Waals surface area contributed by atoms with Crippen molar-refractivity contribution in [3.63, 3.8) is 0 Å². The maximum atomic E-state index is 14.2. The van der Waals surface area contributed by atoms with E-state index in [0.29, 0.717) is 10.6 Å². The second-order valence-corrected chi connectivity index (χ2v) is 10.3. The summed E-state index contributed by atoms with van der Waals surface area (Å²) in [4.78, 5) is 32.1. The lowest BCUT2D eigenvalue weighted by Crippen LogP contribution is -2.44. The van der Waals surface area contributed by atoms with E-state index in [1.807, 2.05) is 42.5 Å². The average Bonchev–Trinajstić information content (AvgIpc) is 3.27. The minimum atomic E-state index is -0.732. The van der Waals surface area contributed by atoms with Gasteiger partial charge in [0.2, 0.25) is 11.8 Å². The number of carbonyl (C=O) groups is 2. The summed E-state index contributed by atoms with van der Waals surface area (Å²) >= 11 is 6.01. The summed E-state index contributed by atoms with van der Waals surface area (Å²) in [5, 5.41) is 8.48. The number of piperidine rings is 1. The molecule has 3 N–H and O–H groups in total. The maximum Gasteiger partial charge on any atom is 0.228 e. The molecule has 1 saturated heterocycles. The number of hydrogen-bond acceptors (Lipinski definition) is 3. The number of halogens is 2. The van der Waals surface area contributed by atoms with Crippen LogP contribution in [0.15, 0.2) is 60.7 Å². The quantitative estimate of drug-likeness (QED) is 0.317. The van der Waals surface area contributed by atoms with Crippen LogP contribution >= 0.6 is 11.6 Å². The van der Waals surface area contributed by atoms with E-state index in [4.69, 9.17) is 11.6 Å². The predicted molar refractivity (Wildman–Crippen MR) is 145 cm³/mol. The molecular formula is C29H30ClFN4O2. The van der Waals surface area contributed by atoms with Crippen LogP contribution in [0.5, 0.6) is 0 Å². The highest BCUT2D eigenvalue weighted by atomic mass is 35.5. The van der Waals surface area contributed by atoms with Gasteiger partial charge >= 0.3 is 0 Å². The number of carbonyl (C=O) groups excluding carboxylic acids is 2. The van der Waals surface area contributed by atoms with Gasteiger partial charge in [-0.25, -0.2) is 4.39 Å². The Hall–Kier alpha value is -3.42. The number of hydrogen-bond donors (Lipinski definition) is 3. The lowest BCUT2D eigenvalue weighted by molar-refractivity contribution is -0.128. The zero-order valence-corrected chi connectivity index (χ0v) is 21.4. The third-order valence-corrected chi connectivity index (χ3v) is 7.42. The number of nitrogens with zero attached hydrogens (tertiary/aromatic N) is 1. The van der Waals surface area contributed by atoms with Crippen LogP contribution in [0.25, 0.3) is 21.8 Å². The van der Waals surface area contributed by atoms with Crippen LogP contribution in [0, 0.1) is 5.82 Å². The number of likely N-dealkylation sites (tertiary alicyclic amines) is 1. The molecule has 1 fully saturated rings. The predicted octanol–water partition coefficient (Wildman–Crippen LogP) is 5.11. The van der Waals surface area contributed by atoms with E-state index in [1.54, 1.807) is 0 Å². The highest BCUT2D eigenvalue weighted by Gasteiger charge is 2.27. The third kappa shape index (κ3) is 5.78. The van der Waals surface area contributed by atoms with Gasteiger partial charge in [0.1, 0.15) is 5.82 Å². The molecule has 0 radical (unpaired) electrons. The van der Waals surface area contributed by atoms with Gasteiger partial charge in [-0.05, 0) is 68.9 Å². The van der Waals surface area contributed by atoms with Crippen molar-refractivity contribution in [3.8, 4) is 0 Å². The molecule has 37 heavy (non-hydrogen) atoms. The molecule has 5 rings (SSSR count). The van der Waals surface area contributed by atoms with E-state index >= 15 is 0 Å². The lowest BCUT2D eigenvalue weighted by Gasteiger charge is -2.30. The molecule has 8 heteroatoms. The van der Waals surface area contributed by atoms with Crippen molar-refractivity contribution in [2.45, 2.75) is 37.8 Å². The summed E-state index contributed by atoms with van der Waals surface area (Å²) in [6, 6.07) is 18.2. The molecule has 0 spiro atoms. The smallest absolute Gasteiger partial charge is 0.228 e. The molecule has 192 valence electrons. The molecule has 0 aliphatic carbocycles. The normalized spacial score (nSPS) is 15.6. The monoisotopic (exact) mass is 520 g/mol. The van der Waals surface area contributed by atoms with E-state index in [0.717, 1.165) is 53.3 Å². The number of para-hydroxylation sites is 1. The van der Waals surface area contributed by atoms with Crippen molar-refractivity contribution in [2.24, 2.45) is 0 Å². The van der Waals surface area contributed by atoms with Crippen LogP contribution < -0.4 is 10.6 Å². The fraction of sp³-hybridized carbons (Fsp3) is 0.310. The van der Waals surface area contributed by atoms with Crippen molar-refractivity contribution in [1.82, 2.24) is 20.5 Å². The summed E-state index contributed by atoms with van der Waals surface area (Å²) in [5.74, 6) is -1.68. The molecule has 2 heterocycles. The molecular weight excluding hydrogens is 491 g/mol. The largest absolute Gasteiger partial charge is 0.355 e. The fourth-order valence-corrected chi connectivity index (χ4v) is 5.25. The van der Waals surface area contributed by atoms with Crippen LogP contribution in [-0.2, 0) is 16.1 Å². The standard InChI is InChI=1S/C29H30ClFN4O2/c1-35-12-10-21(11-13-35)33-28(36)16-24(29(37)32-17-19-14-20(30)7-9-25(19)31)18-6-8-23-22-4-2-3-5-26(22)34-27(23)15-18/h2-9,14-15,21,24,34H,10-13,16-17H2,1H3,(H,32,37)(H,33,36). The van der Waals surface area contributed by atoms with Crippen LogP contribution in [0.4, 0.5) is 4.39 Å². The van der Waals surface area contributed by atoms with E-state index in [9.17, 15) is 14.0 Å². The highest BCUT2D eigenvalue weighted by molar-refractivity contribution is 6.30. The molecule has 3 aromatic carbocycles. The van der Waals surface area contributed by atoms with Gasteiger partial charge in [0.15, 0.2) is 0 Å². The van der Waals surface area contributed by atoms with E-state index in [2.05, 4.69) is 27.6 Å². The molecule has 1 aliphatic rings. The zero-order valence-electron chi connectivity index (χ0n) is 20.7. The number of aromatic nitrogens is 1. The summed E-state index contributed by atoms with van der Waals surface area (Å²) in [6.07, 6.45) is 1.77. The summed E-state index contributed by atoms with van der Waals surface area (Å²) in [6.45, 7) is 1.83. The average molecular weight is 521 g/mol. The van der Waals surface area contributed by atoms with Gasteiger partial charge in [0.05, 0.1) is 5.92 Å². The lowest BCUT2D eigenvalue weighted by atomic mass is 9.92. The van der Waals surface area contributed by atoms with Crippen molar-refractivity contribution in [3.05, 3.63) is 82.6 Å². The number of fused-ring (bicyclic) bond motifs is 3. The molecule has 0 saturated carbocycles. The van der Waals surface area contributed by atoms with Crippen molar-refractivity contribution in [2.75, 3.05) is 20.1 Å². The molecule has 0 bridgehead atoms. The Morgan fingerprint density at radius 1 is 1.05 bits per heavy atom. The zero-order chi connectivity index (χ0) is 25.9. The second-order valence-electron chi connectivity index (χ2n) is 9.83. The van der Waals surface area contributed by atoms with Crippen LogP contribution in [0.1, 0.15) is 36.3 Å². The third-order valence-electron chi connectivity index (χ3n) is 7.18. The first kappa shape index (κ1) is 25.2. The SMILES string of the molecule is CN1CCC(NC(=O)CC(C(=O)NCc2cc(Cl)ccc2F)c2ccc3c(c2)[nH]c2ccccc23)CC1. The van der Waals surface area contributed by atoms with Gasteiger partial charge in [-0.2, -0.15) is 0 Å². The van der Waals surface area contributed by atoms with E-state index < -0.39 is 11.7 Å². The first-order chi connectivity index (χ1) is 17.9. The van der Waals surface area contributed by atoms with Crippen LogP contribution in [0.2, 0.25) is 5.02 Å². The molecule has 6 nitrogen and oxygen atoms in total. The molecule has 1 unspecified atom stereocenters. The highest BCUT2D eigenvalue weighted by Crippen LogP contribution is 2.30. The van der Waals surface area contributed by atoms with Crippen LogP contribution in [0.3, 0.4) is 0 Å². The number of H-pyrrole nitrogens is 1. The molecule has 1 aromatic heterocycles. The molecule has 1 aliphatic heterocycles. The summed E-state index contributed by atoms with van der Waals surface area (Å²) < 4.78 is 14.2. The number of benzene rings is 3. The first-order valence-corrected chi connectivity index (χ1v) is 12.9. The fourth-order valence-electron chi connectivity index (χ4n) is 5.06. The molecule has 2 amide bonds. The minimum Gasteiger partial charge on any atom is -0.355 e. The van der Waals surface area contributed by atoms with Crippen LogP contribution in [-0.4, -0.2) is 47.9 Å². The van der Waals surface area contributed by atoms with Gasteiger partial charge < -0.3 is 20.5 Å². The summed E-state index contributed by atoms with van der Waals surface area (Å²) in [5.41, 5.74) is 2.92. The van der Waals surface area contributed by atoms with Crippen molar-refractivity contribution < 1.29 is 14.0 Å². The Morgan fingerprint density at radius 2 is 1.81 bits per heavy atom. The Morgan fingerprint density at radius 3 is 2.62 bits per heavy atom.